The summed E-state index contributed by atoms with van der Waals surface area (Å²) in [5.41, 5.74) is 2.48. The fraction of sp³-hybridized carbons (Fsp3) is 0.368. The van der Waals surface area contributed by atoms with E-state index in [4.69, 9.17) is 28.6 Å². The summed E-state index contributed by atoms with van der Waals surface area (Å²) in [4.78, 5) is 12.3. The number of Topliss-reactive ketones (excluding diaryl/α,β-unsaturated/α-hetero) is 1. The molecule has 1 fully saturated rings. The number of hydrogen-bond donors (Lipinski definition) is 2. The van der Waals surface area contributed by atoms with Gasteiger partial charge in [0.25, 0.3) is 0 Å². The van der Waals surface area contributed by atoms with Crippen molar-refractivity contribution in [1.82, 2.24) is 5.32 Å². The zero-order chi connectivity index (χ0) is 19.1. The van der Waals surface area contributed by atoms with Crippen LogP contribution in [-0.4, -0.2) is 42.9 Å². The van der Waals surface area contributed by atoms with Crippen LogP contribution in [0.25, 0.3) is 5.41 Å². The number of nitrogens with zero attached hydrogens (tertiary/aromatic N) is 1. The Hall–Kier alpha value is -1.82. The van der Waals surface area contributed by atoms with Gasteiger partial charge in [-0.05, 0) is 31.5 Å². The van der Waals surface area contributed by atoms with Gasteiger partial charge in [0, 0.05) is 27.8 Å². The van der Waals surface area contributed by atoms with Crippen LogP contribution in [0.4, 0.5) is 0 Å². The van der Waals surface area contributed by atoms with E-state index < -0.39 is 5.92 Å². The van der Waals surface area contributed by atoms with Gasteiger partial charge in [0.2, 0.25) is 0 Å². The number of ether oxygens (including phenoxy) is 1. The van der Waals surface area contributed by atoms with Crippen LogP contribution in [0, 0.1) is 0 Å². The standard InChI is InChI=1S/C15H12ClN2OS.C4H9NO/c1-8-13(9(2)19)14(12(7-17)15(20)18-8)10-3-5-11(16)6-4-10;1-3-6-4-2-5-1/h3-6,14H,1-2H3,(H,18,20);5H,1-4H2/q-1;/p+1. The number of halogens is 1. The predicted octanol–water partition coefficient (Wildman–Crippen LogP) is 1.96. The molecule has 138 valence electrons. The van der Waals surface area contributed by atoms with Gasteiger partial charge in [-0.1, -0.05) is 36.0 Å². The van der Waals surface area contributed by atoms with Gasteiger partial charge in [-0.25, -0.2) is 0 Å². The highest BCUT2D eigenvalue weighted by atomic mass is 35.5. The summed E-state index contributed by atoms with van der Waals surface area (Å²) in [6, 6.07) is 7.11. The average molecular weight is 392 g/mol. The van der Waals surface area contributed by atoms with Crippen LogP contribution in [0.1, 0.15) is 25.3 Å². The molecular formula is C19H22ClN3O2S. The molecule has 2 heterocycles. The number of quaternary nitrogens is 1. The van der Waals surface area contributed by atoms with Crippen LogP contribution in [0.15, 0.2) is 41.1 Å². The number of benzene rings is 1. The molecule has 0 amide bonds. The van der Waals surface area contributed by atoms with Crippen LogP contribution in [0.3, 0.4) is 0 Å². The van der Waals surface area contributed by atoms with Gasteiger partial charge in [0.1, 0.15) is 4.99 Å². The number of ketones is 1. The molecule has 26 heavy (non-hydrogen) atoms. The minimum Gasteiger partial charge on any atom is -0.763 e. The second kappa shape index (κ2) is 9.76. The Kier molecular flexibility index (Phi) is 7.69. The molecule has 3 N–H and O–H groups in total. The quantitative estimate of drug-likeness (QED) is 0.459. The van der Waals surface area contributed by atoms with E-state index in [1.165, 1.54) is 6.92 Å². The van der Waals surface area contributed by atoms with Crippen molar-refractivity contribution in [3.8, 4) is 0 Å². The smallest absolute Gasteiger partial charge is 0.158 e. The summed E-state index contributed by atoms with van der Waals surface area (Å²) in [7, 11) is 0. The first kappa shape index (κ1) is 20.5. The molecule has 2 aliphatic heterocycles. The Morgan fingerprint density at radius 1 is 1.35 bits per heavy atom. The Labute approximate surface area is 164 Å². The molecule has 5 nitrogen and oxygen atoms in total. The first-order chi connectivity index (χ1) is 12.5. The van der Waals surface area contributed by atoms with Gasteiger partial charge in [-0.2, -0.15) is 0 Å². The van der Waals surface area contributed by atoms with E-state index in [9.17, 15) is 10.2 Å². The summed E-state index contributed by atoms with van der Waals surface area (Å²) in [5.74, 6) is 1.61. The number of nitrogens with two attached hydrogens (primary N) is 1. The summed E-state index contributed by atoms with van der Waals surface area (Å²) < 4.78 is 5.04. The fourth-order valence-electron chi connectivity index (χ4n) is 2.95. The third kappa shape index (κ3) is 5.10. The maximum absolute atomic E-state index is 11.9. The van der Waals surface area contributed by atoms with Gasteiger partial charge >= 0.3 is 0 Å². The Morgan fingerprint density at radius 3 is 2.38 bits per heavy atom. The lowest BCUT2D eigenvalue weighted by Gasteiger charge is -2.30. The van der Waals surface area contributed by atoms with E-state index >= 15 is 0 Å². The third-order valence-corrected chi connectivity index (χ3v) is 4.74. The second-order valence-corrected chi connectivity index (χ2v) is 6.88. The van der Waals surface area contributed by atoms with Crippen LogP contribution < -0.4 is 10.6 Å². The van der Waals surface area contributed by atoms with Crippen LogP contribution >= 0.6 is 23.8 Å². The van der Waals surface area contributed by atoms with E-state index in [1.807, 2.05) is 12.1 Å². The number of thiocarbonyl (C=S) groups is 1. The van der Waals surface area contributed by atoms with E-state index in [2.05, 4.69) is 16.5 Å². The molecule has 1 saturated heterocycles. The summed E-state index contributed by atoms with van der Waals surface area (Å²) >= 11 is 11.1. The summed E-state index contributed by atoms with van der Waals surface area (Å²) in [5, 5.41) is 15.2. The molecule has 3 rings (SSSR count). The van der Waals surface area contributed by atoms with Crippen molar-refractivity contribution in [2.24, 2.45) is 0 Å². The lowest BCUT2D eigenvalue weighted by atomic mass is 9.80. The van der Waals surface area contributed by atoms with E-state index in [-0.39, 0.29) is 5.78 Å². The maximum Gasteiger partial charge on any atom is 0.158 e. The molecule has 0 radical (unpaired) electrons. The highest BCUT2D eigenvalue weighted by Crippen LogP contribution is 2.36. The van der Waals surface area contributed by atoms with Gasteiger partial charge in [0.15, 0.2) is 5.78 Å². The molecule has 0 aromatic heterocycles. The van der Waals surface area contributed by atoms with Crippen molar-refractivity contribution in [1.29, 1.82) is 0 Å². The van der Waals surface area contributed by atoms with Crippen LogP contribution in [0.2, 0.25) is 5.02 Å². The zero-order valence-electron chi connectivity index (χ0n) is 14.8. The van der Waals surface area contributed by atoms with Gasteiger partial charge in [-0.3, -0.25) is 10.7 Å². The lowest BCUT2D eigenvalue weighted by molar-refractivity contribution is -0.670. The second-order valence-electron chi connectivity index (χ2n) is 6.04. The first-order valence-electron chi connectivity index (χ1n) is 8.40. The van der Waals surface area contributed by atoms with E-state index in [1.54, 1.807) is 19.1 Å². The van der Waals surface area contributed by atoms with Crippen molar-refractivity contribution < 1.29 is 14.8 Å². The average Bonchev–Trinajstić information content (AvgIpc) is 2.63. The number of rotatable bonds is 2. The van der Waals surface area contributed by atoms with Gasteiger partial charge in [-0.15, -0.1) is 0 Å². The van der Waals surface area contributed by atoms with Crippen LogP contribution in [0.5, 0.6) is 0 Å². The first-order valence-corrected chi connectivity index (χ1v) is 9.19. The molecular weight excluding hydrogens is 370 g/mol. The number of carbonyl (C=O) groups is 1. The SMILES string of the molecule is C1COCC[NH2+]1.CC(=O)C1=C(C)NC(=S)C(=C=[N-])C1c1ccc(Cl)cc1. The van der Waals surface area contributed by atoms with Crippen molar-refractivity contribution >= 4 is 40.5 Å². The Balaban J connectivity index is 0.000000342. The van der Waals surface area contributed by atoms with Crippen LogP contribution in [-0.2, 0) is 9.53 Å². The molecule has 1 unspecified atom stereocenters. The largest absolute Gasteiger partial charge is 0.763 e. The lowest BCUT2D eigenvalue weighted by Crippen LogP contribution is -2.87. The summed E-state index contributed by atoms with van der Waals surface area (Å²) in [6.45, 7) is 7.48. The molecule has 2 aliphatic rings. The molecule has 0 saturated carbocycles. The fourth-order valence-corrected chi connectivity index (χ4v) is 3.39. The molecule has 1 aromatic carbocycles. The number of carbonyl (C=O) groups excluding carboxylic acids is 1. The number of nitrogens with one attached hydrogen (secondary N) is 1. The predicted molar refractivity (Wildman–Crippen MR) is 108 cm³/mol. The van der Waals surface area contributed by atoms with E-state index in [0.29, 0.717) is 26.9 Å². The van der Waals surface area contributed by atoms with Gasteiger partial charge < -0.3 is 20.8 Å². The highest BCUT2D eigenvalue weighted by molar-refractivity contribution is 7.80. The molecule has 0 bridgehead atoms. The van der Waals surface area contributed by atoms with Crippen molar-refractivity contribution in [2.45, 2.75) is 19.8 Å². The van der Waals surface area contributed by atoms with Crippen molar-refractivity contribution in [3.63, 3.8) is 0 Å². The highest BCUT2D eigenvalue weighted by Gasteiger charge is 2.31. The topological polar surface area (TPSA) is 77.2 Å². The zero-order valence-corrected chi connectivity index (χ0v) is 16.4. The minimum absolute atomic E-state index is 0.0785. The van der Waals surface area contributed by atoms with Crippen molar-refractivity contribution in [3.05, 3.63) is 57.1 Å². The third-order valence-electron chi connectivity index (χ3n) is 4.16. The minimum atomic E-state index is -0.427. The Morgan fingerprint density at radius 2 is 1.96 bits per heavy atom. The normalized spacial score (nSPS) is 19.9. The molecule has 1 aromatic rings. The number of morpholine rings is 1. The number of hydrogen-bond acceptors (Lipinski definition) is 3. The monoisotopic (exact) mass is 391 g/mol. The molecule has 1 atom stereocenters. The molecule has 0 spiro atoms. The summed E-state index contributed by atoms with van der Waals surface area (Å²) in [6.07, 6.45) is 0. The molecule has 0 aliphatic carbocycles. The number of allylic oxidation sites excluding steroid dienone is 2. The Bertz CT molecular complexity index is 752. The van der Waals surface area contributed by atoms with E-state index in [0.717, 1.165) is 31.9 Å². The van der Waals surface area contributed by atoms with Crippen molar-refractivity contribution in [2.75, 3.05) is 26.3 Å². The molecule has 7 heteroatoms. The van der Waals surface area contributed by atoms with Gasteiger partial charge in [0.05, 0.1) is 26.3 Å². The maximum atomic E-state index is 11.9.